The molecule has 0 atom stereocenters. The summed E-state index contributed by atoms with van der Waals surface area (Å²) in [6, 6.07) is 26.8. The lowest BCUT2D eigenvalue weighted by Crippen LogP contribution is -2.39. The Morgan fingerprint density at radius 2 is 1.45 bits per heavy atom. The maximum atomic E-state index is 13.8. The highest BCUT2D eigenvalue weighted by molar-refractivity contribution is 9.10. The van der Waals surface area contributed by atoms with Crippen molar-refractivity contribution in [3.63, 3.8) is 0 Å². The van der Waals surface area contributed by atoms with E-state index in [4.69, 9.17) is 4.74 Å². The highest BCUT2D eigenvalue weighted by Crippen LogP contribution is 2.28. The van der Waals surface area contributed by atoms with Gasteiger partial charge in [0.1, 0.15) is 5.60 Å². The molecule has 7 nitrogen and oxygen atoms in total. The predicted octanol–water partition coefficient (Wildman–Crippen LogP) is 9.22. The van der Waals surface area contributed by atoms with Gasteiger partial charge < -0.3 is 9.64 Å². The van der Waals surface area contributed by atoms with Crippen molar-refractivity contribution < 1.29 is 17.9 Å². The van der Waals surface area contributed by atoms with Crippen molar-refractivity contribution in [2.45, 2.75) is 83.0 Å². The summed E-state index contributed by atoms with van der Waals surface area (Å²) in [5, 5.41) is 0. The molecule has 1 aliphatic carbocycles. The third-order valence-corrected chi connectivity index (χ3v) is 10.6. The van der Waals surface area contributed by atoms with Crippen molar-refractivity contribution in [2.24, 2.45) is 5.92 Å². The van der Waals surface area contributed by atoms with E-state index in [9.17, 15) is 13.2 Å². The van der Waals surface area contributed by atoms with Crippen LogP contribution in [-0.4, -0.2) is 40.8 Å². The first-order valence-corrected chi connectivity index (χ1v) is 18.5. The molecule has 4 aromatic rings. The molecular formula is C38H44BrN3O4S. The summed E-state index contributed by atoms with van der Waals surface area (Å²) in [6.45, 7) is 7.35. The first kappa shape index (κ1) is 34.8. The van der Waals surface area contributed by atoms with Crippen LogP contribution in [0.15, 0.2) is 107 Å². The minimum Gasteiger partial charge on any atom is -0.444 e. The molecule has 1 heterocycles. The maximum absolute atomic E-state index is 13.8. The summed E-state index contributed by atoms with van der Waals surface area (Å²) in [5.41, 5.74) is 4.27. The number of sulfonamides is 1. The van der Waals surface area contributed by atoms with Crippen LogP contribution in [0.5, 0.6) is 0 Å². The van der Waals surface area contributed by atoms with Gasteiger partial charge in [0.25, 0.3) is 0 Å². The van der Waals surface area contributed by atoms with E-state index in [1.807, 2.05) is 68.1 Å². The normalized spacial score (nSPS) is 14.2. The van der Waals surface area contributed by atoms with Gasteiger partial charge in [-0.3, -0.25) is 4.98 Å². The van der Waals surface area contributed by atoms with Gasteiger partial charge in [0.15, 0.2) is 0 Å². The van der Waals surface area contributed by atoms with Crippen LogP contribution in [-0.2, 0) is 34.4 Å². The third-order valence-electron chi connectivity index (χ3n) is 8.34. The average molecular weight is 719 g/mol. The van der Waals surface area contributed by atoms with Crippen LogP contribution in [0.2, 0.25) is 0 Å². The van der Waals surface area contributed by atoms with Crippen LogP contribution >= 0.6 is 15.9 Å². The summed E-state index contributed by atoms with van der Waals surface area (Å²) in [7, 11) is -3.78. The van der Waals surface area contributed by atoms with E-state index in [0.717, 1.165) is 40.7 Å². The minimum absolute atomic E-state index is 0.201. The Bertz CT molecular complexity index is 1720. The molecule has 3 aromatic carbocycles. The molecule has 248 valence electrons. The summed E-state index contributed by atoms with van der Waals surface area (Å²) in [4.78, 5) is 19.4. The van der Waals surface area contributed by atoms with Gasteiger partial charge in [-0.25, -0.2) is 13.2 Å². The molecule has 1 aromatic heterocycles. The molecule has 1 amide bonds. The Labute approximate surface area is 288 Å². The second kappa shape index (κ2) is 15.6. The van der Waals surface area contributed by atoms with Gasteiger partial charge >= 0.3 is 6.09 Å². The van der Waals surface area contributed by atoms with E-state index in [2.05, 4.69) is 45.2 Å². The molecule has 0 saturated heterocycles. The van der Waals surface area contributed by atoms with Gasteiger partial charge in [-0.2, -0.15) is 4.31 Å². The number of benzene rings is 3. The monoisotopic (exact) mass is 717 g/mol. The molecule has 47 heavy (non-hydrogen) atoms. The fraction of sp³-hybridized carbons (Fsp3) is 0.368. The number of pyridine rings is 1. The van der Waals surface area contributed by atoms with Gasteiger partial charge in [0, 0.05) is 43.0 Å². The highest BCUT2D eigenvalue weighted by atomic mass is 79.9. The predicted molar refractivity (Wildman–Crippen MR) is 190 cm³/mol. The quantitative estimate of drug-likeness (QED) is 0.155. The zero-order chi connectivity index (χ0) is 33.4. The Morgan fingerprint density at radius 3 is 2.02 bits per heavy atom. The summed E-state index contributed by atoms with van der Waals surface area (Å²) >= 11 is 3.40. The summed E-state index contributed by atoms with van der Waals surface area (Å²) in [6.07, 6.45) is 9.15. The van der Waals surface area contributed by atoms with Gasteiger partial charge in [-0.15, -0.1) is 0 Å². The summed E-state index contributed by atoms with van der Waals surface area (Å²) in [5.74, 6) is 0.513. The molecule has 1 saturated carbocycles. The van der Waals surface area contributed by atoms with Crippen LogP contribution < -0.4 is 0 Å². The van der Waals surface area contributed by atoms with Gasteiger partial charge in [-0.05, 0) is 91.6 Å². The number of nitrogens with zero attached hydrogens (tertiary/aromatic N) is 3. The van der Waals surface area contributed by atoms with Crippen molar-refractivity contribution in [1.82, 2.24) is 14.2 Å². The molecule has 0 bridgehead atoms. The second-order valence-electron chi connectivity index (χ2n) is 13.4. The van der Waals surface area contributed by atoms with E-state index >= 15 is 0 Å². The lowest BCUT2D eigenvalue weighted by molar-refractivity contribution is 0.0190. The van der Waals surface area contributed by atoms with Crippen LogP contribution in [0, 0.1) is 5.92 Å². The first-order valence-electron chi connectivity index (χ1n) is 16.3. The van der Waals surface area contributed by atoms with Gasteiger partial charge in [0.2, 0.25) is 10.0 Å². The largest absolute Gasteiger partial charge is 0.444 e. The van der Waals surface area contributed by atoms with Gasteiger partial charge in [0.05, 0.1) is 4.90 Å². The summed E-state index contributed by atoms with van der Waals surface area (Å²) < 4.78 is 35.5. The van der Waals surface area contributed by atoms with Gasteiger partial charge in [-0.1, -0.05) is 95.9 Å². The maximum Gasteiger partial charge on any atom is 0.410 e. The number of halogens is 1. The van der Waals surface area contributed by atoms with Crippen molar-refractivity contribution >= 4 is 32.0 Å². The van der Waals surface area contributed by atoms with Crippen LogP contribution in [0.3, 0.4) is 0 Å². The molecular weight excluding hydrogens is 674 g/mol. The van der Waals surface area contributed by atoms with E-state index < -0.39 is 15.6 Å². The standard InChI is InChI=1S/C38H44BrN3O4S/c1-38(2,3)46-37(43)41(25-29-9-5-4-6-10-29)26-30-14-18-33(19-15-30)34-20-16-31(17-21-34)27-42(28-32-11-8-22-40-24-32)47(44,45)36-13-7-12-35(39)23-36/h7-8,11-24,29H,4-6,9-10,25-28H2,1-3H3. The van der Waals surface area contributed by atoms with Crippen molar-refractivity contribution in [2.75, 3.05) is 6.54 Å². The molecule has 0 spiro atoms. The fourth-order valence-corrected chi connectivity index (χ4v) is 7.95. The molecule has 0 N–H and O–H groups in total. The van der Waals surface area contributed by atoms with Crippen LogP contribution in [0.1, 0.15) is 69.6 Å². The molecule has 0 radical (unpaired) electrons. The van der Waals surface area contributed by atoms with E-state index in [0.29, 0.717) is 23.5 Å². The zero-order valence-corrected chi connectivity index (χ0v) is 29.8. The minimum atomic E-state index is -3.78. The van der Waals surface area contributed by atoms with E-state index in [1.54, 1.807) is 30.6 Å². The number of rotatable bonds is 11. The Balaban J connectivity index is 1.30. The number of ether oxygens (including phenoxy) is 1. The van der Waals surface area contributed by atoms with Crippen molar-refractivity contribution in [1.29, 1.82) is 0 Å². The number of carbonyl (C=O) groups is 1. The zero-order valence-electron chi connectivity index (χ0n) is 27.4. The van der Waals surface area contributed by atoms with Crippen LogP contribution in [0.25, 0.3) is 11.1 Å². The lowest BCUT2D eigenvalue weighted by atomic mass is 9.89. The molecule has 1 fully saturated rings. The Hall–Kier alpha value is -3.53. The number of hydrogen-bond acceptors (Lipinski definition) is 5. The number of amides is 1. The van der Waals surface area contributed by atoms with Crippen molar-refractivity contribution in [3.05, 3.63) is 118 Å². The van der Waals surface area contributed by atoms with E-state index in [1.165, 1.54) is 23.6 Å². The number of aromatic nitrogens is 1. The molecule has 0 aliphatic heterocycles. The fourth-order valence-electron chi connectivity index (χ4n) is 5.94. The van der Waals surface area contributed by atoms with E-state index in [-0.39, 0.29) is 24.1 Å². The topological polar surface area (TPSA) is 79.8 Å². The SMILES string of the molecule is CC(C)(C)OC(=O)N(Cc1ccc(-c2ccc(CN(Cc3cccnc3)S(=O)(=O)c3cccc(Br)c3)cc2)cc1)CC1CCCCC1. The third kappa shape index (κ3) is 9.98. The number of hydrogen-bond donors (Lipinski definition) is 0. The second-order valence-corrected chi connectivity index (χ2v) is 16.2. The first-order chi connectivity index (χ1) is 22.5. The molecule has 5 rings (SSSR count). The molecule has 0 unspecified atom stereocenters. The Kier molecular flexibility index (Phi) is 11.5. The van der Waals surface area contributed by atoms with Crippen molar-refractivity contribution in [3.8, 4) is 11.1 Å². The average Bonchev–Trinajstić information content (AvgIpc) is 3.05. The van der Waals surface area contributed by atoms with Crippen LogP contribution in [0.4, 0.5) is 4.79 Å². The molecule has 1 aliphatic rings. The highest BCUT2D eigenvalue weighted by Gasteiger charge is 2.27. The lowest BCUT2D eigenvalue weighted by Gasteiger charge is -2.32. The smallest absolute Gasteiger partial charge is 0.410 e. The Morgan fingerprint density at radius 1 is 0.830 bits per heavy atom. The number of carbonyl (C=O) groups excluding carboxylic acids is 1. The molecule has 9 heteroatoms.